The smallest absolute Gasteiger partial charge is 0.416 e. The standard InChI is InChI=1S/C16H18F3NO3/c1-9-5-6-12(16(17,18)19)8-13(9)20-14(21)10-3-2-4-11(7-10)15(22)23/h5-6,8,10-11H,2-4,7H2,1H3,(H,20,21)(H,22,23). The molecule has 0 spiro atoms. The van der Waals surface area contributed by atoms with Crippen LogP contribution in [-0.4, -0.2) is 17.0 Å². The van der Waals surface area contributed by atoms with Gasteiger partial charge < -0.3 is 10.4 Å². The van der Waals surface area contributed by atoms with Crippen molar-refractivity contribution in [3.05, 3.63) is 29.3 Å². The van der Waals surface area contributed by atoms with Crippen LogP contribution >= 0.6 is 0 Å². The van der Waals surface area contributed by atoms with Crippen molar-refractivity contribution in [1.82, 2.24) is 0 Å². The summed E-state index contributed by atoms with van der Waals surface area (Å²) in [6, 6.07) is 3.18. The Labute approximate surface area is 131 Å². The number of carboxylic acid groups (broad SMARTS) is 1. The van der Waals surface area contributed by atoms with Gasteiger partial charge in [0.2, 0.25) is 5.91 Å². The first kappa shape index (κ1) is 17.3. The quantitative estimate of drug-likeness (QED) is 0.885. The lowest BCUT2D eigenvalue weighted by molar-refractivity contribution is -0.144. The predicted octanol–water partition coefficient (Wildman–Crippen LogP) is 3.84. The Balaban J connectivity index is 2.12. The second kappa shape index (κ2) is 6.60. The third kappa shape index (κ3) is 4.24. The summed E-state index contributed by atoms with van der Waals surface area (Å²) >= 11 is 0. The zero-order valence-electron chi connectivity index (χ0n) is 12.6. The van der Waals surface area contributed by atoms with Crippen LogP contribution in [-0.2, 0) is 15.8 Å². The lowest BCUT2D eigenvalue weighted by Gasteiger charge is -2.26. The average molecular weight is 329 g/mol. The largest absolute Gasteiger partial charge is 0.481 e. The molecule has 0 bridgehead atoms. The molecule has 1 aromatic rings. The highest BCUT2D eigenvalue weighted by molar-refractivity contribution is 5.93. The SMILES string of the molecule is Cc1ccc(C(F)(F)F)cc1NC(=O)C1CCCC(C(=O)O)C1. The Kier molecular flexibility index (Phi) is 4.97. The minimum Gasteiger partial charge on any atom is -0.481 e. The van der Waals surface area contributed by atoms with E-state index in [1.807, 2.05) is 0 Å². The van der Waals surface area contributed by atoms with Crippen LogP contribution in [0.25, 0.3) is 0 Å². The number of hydrogen-bond acceptors (Lipinski definition) is 2. The number of rotatable bonds is 3. The van der Waals surface area contributed by atoms with E-state index in [1.165, 1.54) is 6.07 Å². The summed E-state index contributed by atoms with van der Waals surface area (Å²) in [6.45, 7) is 1.61. The van der Waals surface area contributed by atoms with E-state index in [0.29, 0.717) is 24.8 Å². The van der Waals surface area contributed by atoms with Gasteiger partial charge in [-0.25, -0.2) is 0 Å². The van der Waals surface area contributed by atoms with Gasteiger partial charge in [-0.3, -0.25) is 9.59 Å². The molecule has 0 heterocycles. The number of carbonyl (C=O) groups is 2. The highest BCUT2D eigenvalue weighted by Crippen LogP contribution is 2.33. The van der Waals surface area contributed by atoms with Crippen molar-refractivity contribution in [3.63, 3.8) is 0 Å². The molecule has 7 heteroatoms. The summed E-state index contributed by atoms with van der Waals surface area (Å²) in [6.07, 6.45) is -2.56. The number of halogens is 3. The van der Waals surface area contributed by atoms with E-state index >= 15 is 0 Å². The number of amides is 1. The third-order valence-corrected chi connectivity index (χ3v) is 4.22. The highest BCUT2D eigenvalue weighted by atomic mass is 19.4. The molecule has 1 saturated carbocycles. The van der Waals surface area contributed by atoms with Crippen LogP contribution in [0.2, 0.25) is 0 Å². The summed E-state index contributed by atoms with van der Waals surface area (Å²) in [4.78, 5) is 23.3. The summed E-state index contributed by atoms with van der Waals surface area (Å²) in [5.74, 6) is -2.41. The van der Waals surface area contributed by atoms with Gasteiger partial charge in [-0.2, -0.15) is 13.2 Å². The fourth-order valence-electron chi connectivity index (χ4n) is 2.82. The molecule has 23 heavy (non-hydrogen) atoms. The van der Waals surface area contributed by atoms with Gasteiger partial charge >= 0.3 is 12.1 Å². The molecule has 0 radical (unpaired) electrons. The van der Waals surface area contributed by atoms with Gasteiger partial charge in [0.1, 0.15) is 0 Å². The number of anilines is 1. The lowest BCUT2D eigenvalue weighted by atomic mass is 9.81. The molecule has 1 amide bonds. The van der Waals surface area contributed by atoms with Gasteiger partial charge in [-0.1, -0.05) is 12.5 Å². The maximum Gasteiger partial charge on any atom is 0.416 e. The number of alkyl halides is 3. The first-order valence-electron chi connectivity index (χ1n) is 7.40. The van der Waals surface area contributed by atoms with Crippen molar-refractivity contribution in [3.8, 4) is 0 Å². The lowest BCUT2D eigenvalue weighted by Crippen LogP contribution is -2.31. The molecule has 0 saturated heterocycles. The Morgan fingerprint density at radius 2 is 1.87 bits per heavy atom. The zero-order valence-corrected chi connectivity index (χ0v) is 12.6. The van der Waals surface area contributed by atoms with E-state index in [1.54, 1.807) is 6.92 Å². The van der Waals surface area contributed by atoms with Crippen molar-refractivity contribution in [2.45, 2.75) is 38.8 Å². The van der Waals surface area contributed by atoms with Crippen LogP contribution < -0.4 is 5.32 Å². The third-order valence-electron chi connectivity index (χ3n) is 4.22. The van der Waals surface area contributed by atoms with Crippen LogP contribution in [0.1, 0.15) is 36.8 Å². The Bertz CT molecular complexity index is 613. The number of carboxylic acids is 1. The normalized spacial score (nSPS) is 21.7. The number of nitrogens with one attached hydrogen (secondary N) is 1. The summed E-state index contributed by atoms with van der Waals surface area (Å²) in [5.41, 5.74) is -0.190. The Morgan fingerprint density at radius 3 is 2.48 bits per heavy atom. The average Bonchev–Trinajstić information content (AvgIpc) is 2.48. The van der Waals surface area contributed by atoms with Crippen LogP contribution in [0, 0.1) is 18.8 Å². The molecular formula is C16H18F3NO3. The van der Waals surface area contributed by atoms with E-state index in [4.69, 9.17) is 5.11 Å². The molecule has 126 valence electrons. The van der Waals surface area contributed by atoms with E-state index in [2.05, 4.69) is 5.32 Å². The molecule has 1 aromatic carbocycles. The van der Waals surface area contributed by atoms with E-state index in [0.717, 1.165) is 12.1 Å². The van der Waals surface area contributed by atoms with Crippen molar-refractivity contribution < 1.29 is 27.9 Å². The summed E-state index contributed by atoms with van der Waals surface area (Å²) in [5, 5.41) is 11.6. The molecule has 2 unspecified atom stereocenters. The van der Waals surface area contributed by atoms with Crippen molar-refractivity contribution in [1.29, 1.82) is 0 Å². The second-order valence-corrected chi connectivity index (χ2v) is 5.92. The fraction of sp³-hybridized carbons (Fsp3) is 0.500. The van der Waals surface area contributed by atoms with Gasteiger partial charge in [-0.15, -0.1) is 0 Å². The molecule has 2 rings (SSSR count). The van der Waals surface area contributed by atoms with E-state index < -0.39 is 35.5 Å². The zero-order chi connectivity index (χ0) is 17.2. The maximum absolute atomic E-state index is 12.8. The van der Waals surface area contributed by atoms with Gasteiger partial charge in [-0.05, 0) is 43.9 Å². The maximum atomic E-state index is 12.8. The number of aryl methyl sites for hydroxylation is 1. The van der Waals surface area contributed by atoms with Gasteiger partial charge in [0.15, 0.2) is 0 Å². The van der Waals surface area contributed by atoms with Crippen molar-refractivity contribution >= 4 is 17.6 Å². The molecule has 2 N–H and O–H groups in total. The van der Waals surface area contributed by atoms with Gasteiger partial charge in [0, 0.05) is 11.6 Å². The van der Waals surface area contributed by atoms with E-state index in [-0.39, 0.29) is 12.1 Å². The van der Waals surface area contributed by atoms with Crippen LogP contribution in [0.3, 0.4) is 0 Å². The van der Waals surface area contributed by atoms with Crippen LogP contribution in [0.4, 0.5) is 18.9 Å². The first-order chi connectivity index (χ1) is 10.7. The number of carbonyl (C=O) groups excluding carboxylic acids is 1. The molecule has 0 aliphatic heterocycles. The number of aliphatic carboxylic acids is 1. The fourth-order valence-corrected chi connectivity index (χ4v) is 2.82. The van der Waals surface area contributed by atoms with Gasteiger partial charge in [0.25, 0.3) is 0 Å². The summed E-state index contributed by atoms with van der Waals surface area (Å²) < 4.78 is 38.3. The molecule has 4 nitrogen and oxygen atoms in total. The van der Waals surface area contributed by atoms with Crippen LogP contribution in [0.15, 0.2) is 18.2 Å². The molecule has 2 atom stereocenters. The number of hydrogen-bond donors (Lipinski definition) is 2. The van der Waals surface area contributed by atoms with Crippen LogP contribution in [0.5, 0.6) is 0 Å². The van der Waals surface area contributed by atoms with Crippen molar-refractivity contribution in [2.75, 3.05) is 5.32 Å². The Hall–Kier alpha value is -2.05. The monoisotopic (exact) mass is 329 g/mol. The predicted molar refractivity (Wildman–Crippen MR) is 77.9 cm³/mol. The first-order valence-corrected chi connectivity index (χ1v) is 7.40. The van der Waals surface area contributed by atoms with Crippen molar-refractivity contribution in [2.24, 2.45) is 11.8 Å². The number of benzene rings is 1. The molecule has 1 aliphatic rings. The molecule has 1 fully saturated rings. The molecular weight excluding hydrogens is 311 g/mol. The molecule has 0 aromatic heterocycles. The second-order valence-electron chi connectivity index (χ2n) is 5.92. The highest BCUT2D eigenvalue weighted by Gasteiger charge is 2.33. The summed E-state index contributed by atoms with van der Waals surface area (Å²) in [7, 11) is 0. The minimum absolute atomic E-state index is 0.113. The topological polar surface area (TPSA) is 66.4 Å². The van der Waals surface area contributed by atoms with E-state index in [9.17, 15) is 22.8 Å². The Morgan fingerprint density at radius 1 is 1.22 bits per heavy atom. The van der Waals surface area contributed by atoms with Gasteiger partial charge in [0.05, 0.1) is 11.5 Å². The molecule has 1 aliphatic carbocycles. The minimum atomic E-state index is -4.48.